The van der Waals surface area contributed by atoms with E-state index in [0.29, 0.717) is 24.2 Å². The predicted octanol–water partition coefficient (Wildman–Crippen LogP) is 1.88. The van der Waals surface area contributed by atoms with E-state index in [2.05, 4.69) is 22.1 Å². The standard InChI is InChI=1S/C25H36N4O5/c1-17-14-29(18(2)16-30)24(31)21-12-19(8-7-11-33-4)13-26-23(21)34-22(17)15-28(3)25(32)27-20-9-5-6-10-20/h12-13,17-18,20,22,30H,5-6,9-11,14-16H2,1-4H3,(H,27,32)/t17-,18-,22-/m1/s1. The van der Waals surface area contributed by atoms with Crippen molar-refractivity contribution < 1.29 is 24.2 Å². The van der Waals surface area contributed by atoms with Gasteiger partial charge in [0.2, 0.25) is 5.88 Å². The number of methoxy groups -OCH3 is 1. The van der Waals surface area contributed by atoms with Crippen molar-refractivity contribution in [3.8, 4) is 17.7 Å². The van der Waals surface area contributed by atoms with E-state index in [1.165, 1.54) is 0 Å². The molecule has 1 fully saturated rings. The molecule has 1 aliphatic heterocycles. The van der Waals surface area contributed by atoms with Gasteiger partial charge in [-0.15, -0.1) is 0 Å². The summed E-state index contributed by atoms with van der Waals surface area (Å²) in [5, 5.41) is 12.9. The Morgan fingerprint density at radius 2 is 2.18 bits per heavy atom. The number of hydrogen-bond acceptors (Lipinski definition) is 6. The van der Waals surface area contributed by atoms with Crippen molar-refractivity contribution >= 4 is 11.9 Å². The lowest BCUT2D eigenvalue weighted by molar-refractivity contribution is 0.0351. The number of ether oxygens (including phenoxy) is 2. The third kappa shape index (κ3) is 6.39. The lowest BCUT2D eigenvalue weighted by atomic mass is 10.00. The van der Waals surface area contributed by atoms with Crippen LogP contribution in [0, 0.1) is 17.8 Å². The van der Waals surface area contributed by atoms with Gasteiger partial charge in [0.05, 0.1) is 19.2 Å². The quantitative estimate of drug-likeness (QED) is 0.613. The van der Waals surface area contributed by atoms with Gasteiger partial charge in [0.15, 0.2) is 0 Å². The number of carbonyl (C=O) groups is 2. The van der Waals surface area contributed by atoms with Crippen LogP contribution < -0.4 is 10.1 Å². The Kier molecular flexibility index (Phi) is 9.13. The van der Waals surface area contributed by atoms with Crippen molar-refractivity contribution in [2.24, 2.45) is 5.92 Å². The number of rotatable bonds is 6. The summed E-state index contributed by atoms with van der Waals surface area (Å²) in [4.78, 5) is 33.8. The van der Waals surface area contributed by atoms with Gasteiger partial charge in [-0.25, -0.2) is 9.78 Å². The minimum absolute atomic E-state index is 0.101. The molecule has 34 heavy (non-hydrogen) atoms. The molecule has 9 nitrogen and oxygen atoms in total. The molecule has 2 aliphatic rings. The first kappa shape index (κ1) is 25.8. The fourth-order valence-electron chi connectivity index (χ4n) is 4.31. The zero-order valence-corrected chi connectivity index (χ0v) is 20.5. The Hall–Kier alpha value is -2.83. The fourth-order valence-corrected chi connectivity index (χ4v) is 4.31. The Labute approximate surface area is 201 Å². The number of nitrogens with zero attached hydrogens (tertiary/aromatic N) is 3. The van der Waals surface area contributed by atoms with Gasteiger partial charge in [-0.2, -0.15) is 0 Å². The average Bonchev–Trinajstić information content (AvgIpc) is 3.34. The molecular weight excluding hydrogens is 436 g/mol. The van der Waals surface area contributed by atoms with Gasteiger partial charge in [-0.1, -0.05) is 31.6 Å². The number of aliphatic hydroxyl groups is 1. The monoisotopic (exact) mass is 472 g/mol. The number of urea groups is 1. The van der Waals surface area contributed by atoms with Crippen molar-refractivity contribution in [1.29, 1.82) is 0 Å². The van der Waals surface area contributed by atoms with Gasteiger partial charge in [-0.05, 0) is 25.8 Å². The lowest BCUT2D eigenvalue weighted by Crippen LogP contribution is -2.52. The number of aromatic nitrogens is 1. The van der Waals surface area contributed by atoms with Gasteiger partial charge < -0.3 is 29.7 Å². The molecule has 1 aromatic rings. The zero-order valence-electron chi connectivity index (χ0n) is 20.5. The number of amides is 3. The summed E-state index contributed by atoms with van der Waals surface area (Å²) in [5.41, 5.74) is 0.863. The number of nitrogens with one attached hydrogen (secondary N) is 1. The number of fused-ring (bicyclic) bond motifs is 1. The first-order valence-electron chi connectivity index (χ1n) is 11.9. The third-order valence-corrected chi connectivity index (χ3v) is 6.45. The number of likely N-dealkylation sites (N-methyl/N-ethyl adjacent to an activating group) is 1. The SMILES string of the molecule is COCC#Cc1cnc2c(c1)C(=O)N([C@H](C)CO)C[C@@H](C)[C@@H](CN(C)C(=O)NC1CCCC1)O2. The largest absolute Gasteiger partial charge is 0.472 e. The summed E-state index contributed by atoms with van der Waals surface area (Å²) < 4.78 is 11.2. The minimum atomic E-state index is -0.391. The van der Waals surface area contributed by atoms with Crippen LogP contribution in [-0.4, -0.2) is 90.5 Å². The molecule has 3 atom stereocenters. The Bertz CT molecular complexity index is 922. The molecular formula is C25H36N4O5. The van der Waals surface area contributed by atoms with Gasteiger partial charge in [-0.3, -0.25) is 4.79 Å². The maximum atomic E-state index is 13.4. The Morgan fingerprint density at radius 3 is 2.85 bits per heavy atom. The molecule has 2 heterocycles. The fraction of sp³-hybridized carbons (Fsp3) is 0.640. The molecule has 9 heteroatoms. The second kappa shape index (κ2) is 12.0. The summed E-state index contributed by atoms with van der Waals surface area (Å²) in [6.45, 7) is 4.61. The highest BCUT2D eigenvalue weighted by Gasteiger charge is 2.35. The van der Waals surface area contributed by atoms with Crippen LogP contribution in [0.2, 0.25) is 0 Å². The van der Waals surface area contributed by atoms with Gasteiger partial charge >= 0.3 is 6.03 Å². The van der Waals surface area contributed by atoms with Crippen LogP contribution >= 0.6 is 0 Å². The third-order valence-electron chi connectivity index (χ3n) is 6.45. The molecule has 0 radical (unpaired) electrons. The molecule has 2 N–H and O–H groups in total. The number of pyridine rings is 1. The molecule has 1 saturated carbocycles. The molecule has 0 spiro atoms. The predicted molar refractivity (Wildman–Crippen MR) is 128 cm³/mol. The van der Waals surface area contributed by atoms with E-state index in [4.69, 9.17) is 9.47 Å². The molecule has 3 rings (SSSR count). The van der Waals surface area contributed by atoms with E-state index in [-0.39, 0.29) is 49.0 Å². The molecule has 0 unspecified atom stereocenters. The molecule has 0 saturated heterocycles. The van der Waals surface area contributed by atoms with E-state index in [1.807, 2.05) is 6.92 Å². The van der Waals surface area contributed by atoms with Crippen LogP contribution in [0.25, 0.3) is 0 Å². The van der Waals surface area contributed by atoms with Crippen molar-refractivity contribution in [3.05, 3.63) is 23.4 Å². The van der Waals surface area contributed by atoms with E-state index < -0.39 is 6.10 Å². The van der Waals surface area contributed by atoms with Gasteiger partial charge in [0, 0.05) is 44.4 Å². The van der Waals surface area contributed by atoms with Crippen LogP contribution in [0.4, 0.5) is 4.79 Å². The van der Waals surface area contributed by atoms with Crippen LogP contribution in [0.15, 0.2) is 12.3 Å². The normalized spacial score (nSPS) is 21.4. The minimum Gasteiger partial charge on any atom is -0.472 e. The van der Waals surface area contributed by atoms with Crippen LogP contribution in [0.1, 0.15) is 55.5 Å². The van der Waals surface area contributed by atoms with Crippen molar-refractivity contribution in [2.75, 3.05) is 40.5 Å². The number of aliphatic hydroxyl groups excluding tert-OH is 1. The van der Waals surface area contributed by atoms with Crippen LogP contribution in [-0.2, 0) is 4.74 Å². The van der Waals surface area contributed by atoms with E-state index in [0.717, 1.165) is 25.7 Å². The van der Waals surface area contributed by atoms with E-state index in [1.54, 1.807) is 43.1 Å². The first-order chi connectivity index (χ1) is 16.3. The second-order valence-corrected chi connectivity index (χ2v) is 9.25. The molecule has 0 bridgehead atoms. The van der Waals surface area contributed by atoms with Crippen LogP contribution in [0.3, 0.4) is 0 Å². The molecule has 1 aliphatic carbocycles. The Balaban J connectivity index is 1.85. The second-order valence-electron chi connectivity index (χ2n) is 9.25. The van der Waals surface area contributed by atoms with Crippen LogP contribution in [0.5, 0.6) is 5.88 Å². The lowest BCUT2D eigenvalue weighted by Gasteiger charge is -2.37. The highest BCUT2D eigenvalue weighted by Crippen LogP contribution is 2.27. The highest BCUT2D eigenvalue weighted by molar-refractivity contribution is 5.97. The number of hydrogen-bond donors (Lipinski definition) is 2. The smallest absolute Gasteiger partial charge is 0.317 e. The van der Waals surface area contributed by atoms with Crippen molar-refractivity contribution in [3.63, 3.8) is 0 Å². The summed E-state index contributed by atoms with van der Waals surface area (Å²) in [6.07, 6.45) is 5.49. The Morgan fingerprint density at radius 1 is 1.44 bits per heavy atom. The highest BCUT2D eigenvalue weighted by atomic mass is 16.5. The molecule has 186 valence electrons. The molecule has 1 aromatic heterocycles. The maximum absolute atomic E-state index is 13.4. The average molecular weight is 473 g/mol. The zero-order chi connectivity index (χ0) is 24.7. The number of carbonyl (C=O) groups excluding carboxylic acids is 2. The first-order valence-corrected chi connectivity index (χ1v) is 11.9. The topological polar surface area (TPSA) is 104 Å². The summed E-state index contributed by atoms with van der Waals surface area (Å²) in [6, 6.07) is 1.38. The van der Waals surface area contributed by atoms with Gasteiger partial charge in [0.25, 0.3) is 5.91 Å². The van der Waals surface area contributed by atoms with Gasteiger partial charge in [0.1, 0.15) is 18.3 Å². The van der Waals surface area contributed by atoms with Crippen molar-refractivity contribution in [1.82, 2.24) is 20.1 Å². The van der Waals surface area contributed by atoms with Crippen molar-refractivity contribution in [2.45, 2.75) is 57.7 Å². The summed E-state index contributed by atoms with van der Waals surface area (Å²) in [7, 11) is 3.31. The summed E-state index contributed by atoms with van der Waals surface area (Å²) >= 11 is 0. The molecule has 0 aromatic carbocycles. The maximum Gasteiger partial charge on any atom is 0.317 e. The van der Waals surface area contributed by atoms with E-state index in [9.17, 15) is 14.7 Å². The van der Waals surface area contributed by atoms with E-state index >= 15 is 0 Å². The summed E-state index contributed by atoms with van der Waals surface area (Å²) in [5.74, 6) is 5.64. The molecule has 3 amide bonds.